The molecule has 3 aromatic rings. The van der Waals surface area contributed by atoms with Crippen molar-refractivity contribution in [1.82, 2.24) is 9.97 Å². The van der Waals surface area contributed by atoms with E-state index < -0.39 is 5.82 Å². The van der Waals surface area contributed by atoms with Gasteiger partial charge in [-0.05, 0) is 36.4 Å². The number of nitrogens with one attached hydrogen (secondary N) is 1. The van der Waals surface area contributed by atoms with Gasteiger partial charge in [0.25, 0.3) is 0 Å². The van der Waals surface area contributed by atoms with Crippen molar-refractivity contribution in [3.63, 3.8) is 0 Å². The molecule has 6 heteroatoms. The Morgan fingerprint density at radius 1 is 1.30 bits per heavy atom. The number of hydrogen-bond donors (Lipinski definition) is 2. The average Bonchev–Trinajstić information content (AvgIpc) is 3.08. The van der Waals surface area contributed by atoms with Crippen LogP contribution >= 0.6 is 0 Å². The number of ether oxygens (including phenoxy) is 1. The van der Waals surface area contributed by atoms with Crippen LogP contribution in [0.2, 0.25) is 0 Å². The highest BCUT2D eigenvalue weighted by molar-refractivity contribution is 5.78. The second-order valence-electron chi connectivity index (χ2n) is 4.86. The van der Waals surface area contributed by atoms with Crippen LogP contribution in [-0.4, -0.2) is 17.1 Å². The Morgan fingerprint density at radius 2 is 2.13 bits per heavy atom. The first kappa shape index (κ1) is 14.6. The van der Waals surface area contributed by atoms with Gasteiger partial charge < -0.3 is 15.5 Å². The second-order valence-corrected chi connectivity index (χ2v) is 4.86. The number of nitrogen functional groups attached to an aromatic ring is 1. The predicted molar refractivity (Wildman–Crippen MR) is 85.1 cm³/mol. The lowest BCUT2D eigenvalue weighted by atomic mass is 10.0. The zero-order valence-corrected chi connectivity index (χ0v) is 12.3. The Hall–Kier alpha value is -3.33. The first-order valence-corrected chi connectivity index (χ1v) is 6.82. The van der Waals surface area contributed by atoms with Crippen LogP contribution in [0.15, 0.2) is 42.6 Å². The molecule has 0 saturated carbocycles. The van der Waals surface area contributed by atoms with E-state index in [1.807, 2.05) is 12.1 Å². The van der Waals surface area contributed by atoms with Gasteiger partial charge in [-0.1, -0.05) is 0 Å². The minimum Gasteiger partial charge on any atom is -0.494 e. The van der Waals surface area contributed by atoms with E-state index in [1.54, 1.807) is 18.3 Å². The van der Waals surface area contributed by atoms with E-state index in [-0.39, 0.29) is 17.1 Å². The van der Waals surface area contributed by atoms with Gasteiger partial charge in [-0.25, -0.2) is 9.37 Å². The Kier molecular flexibility index (Phi) is 3.69. The van der Waals surface area contributed by atoms with E-state index in [9.17, 15) is 9.65 Å². The van der Waals surface area contributed by atoms with Crippen LogP contribution in [0, 0.1) is 17.1 Å². The number of aromatic nitrogens is 2. The minimum absolute atomic E-state index is 0.103. The summed E-state index contributed by atoms with van der Waals surface area (Å²) in [6, 6.07) is 12.0. The molecule has 2 heterocycles. The number of nitrogens with zero attached hydrogens (tertiary/aromatic N) is 2. The topological polar surface area (TPSA) is 87.7 Å². The molecular weight excluding hydrogens is 295 g/mol. The van der Waals surface area contributed by atoms with Crippen LogP contribution in [-0.2, 0) is 0 Å². The van der Waals surface area contributed by atoms with Gasteiger partial charge in [-0.2, -0.15) is 5.26 Å². The number of aromatic amines is 1. The third-order valence-electron chi connectivity index (χ3n) is 3.49. The highest BCUT2D eigenvalue weighted by atomic mass is 19.1. The minimum atomic E-state index is -0.490. The lowest BCUT2D eigenvalue weighted by Crippen LogP contribution is -2.00. The number of rotatable bonds is 3. The summed E-state index contributed by atoms with van der Waals surface area (Å²) in [5.41, 5.74) is 8.58. The fourth-order valence-corrected chi connectivity index (χ4v) is 2.37. The Morgan fingerprint density at radius 3 is 2.74 bits per heavy atom. The molecule has 5 nitrogen and oxygen atoms in total. The first-order valence-electron chi connectivity index (χ1n) is 6.82. The van der Waals surface area contributed by atoms with Crippen molar-refractivity contribution in [2.45, 2.75) is 0 Å². The molecule has 0 atom stereocenters. The summed E-state index contributed by atoms with van der Waals surface area (Å²) >= 11 is 0. The number of hydrogen-bond acceptors (Lipinski definition) is 4. The molecule has 0 aliphatic heterocycles. The molecule has 3 rings (SSSR count). The van der Waals surface area contributed by atoms with Crippen molar-refractivity contribution in [1.29, 1.82) is 5.26 Å². The number of nitriles is 1. The standard InChI is InChI=1S/C17H13FN4O/c1-23-16-5-4-10(7-13(16)18)15-8-11(14-3-2-6-21-14)12(9-19)17(20)22-15/h2-8,21H,1H3,(H2,20,22). The zero-order valence-electron chi connectivity index (χ0n) is 12.3. The van der Waals surface area contributed by atoms with Gasteiger partial charge in [-0.3, -0.25) is 0 Å². The molecule has 23 heavy (non-hydrogen) atoms. The molecule has 2 aromatic heterocycles. The van der Waals surface area contributed by atoms with Crippen LogP contribution in [0.25, 0.3) is 22.5 Å². The van der Waals surface area contributed by atoms with Crippen molar-refractivity contribution in [2.75, 3.05) is 12.8 Å². The fourth-order valence-electron chi connectivity index (χ4n) is 2.37. The highest BCUT2D eigenvalue weighted by Crippen LogP contribution is 2.31. The van der Waals surface area contributed by atoms with Crippen molar-refractivity contribution >= 4 is 5.82 Å². The van der Waals surface area contributed by atoms with Gasteiger partial charge in [0.2, 0.25) is 0 Å². The monoisotopic (exact) mass is 308 g/mol. The number of methoxy groups -OCH3 is 1. The van der Waals surface area contributed by atoms with E-state index >= 15 is 0 Å². The molecule has 0 aliphatic carbocycles. The molecule has 3 N–H and O–H groups in total. The molecule has 0 aliphatic rings. The Bertz CT molecular complexity index is 898. The van der Waals surface area contributed by atoms with Crippen molar-refractivity contribution in [2.24, 2.45) is 0 Å². The van der Waals surface area contributed by atoms with E-state index in [0.717, 1.165) is 5.69 Å². The molecule has 0 unspecified atom stereocenters. The van der Waals surface area contributed by atoms with Gasteiger partial charge in [0.15, 0.2) is 11.6 Å². The fraction of sp³-hybridized carbons (Fsp3) is 0.0588. The lowest BCUT2D eigenvalue weighted by Gasteiger charge is -2.10. The maximum absolute atomic E-state index is 13.9. The van der Waals surface area contributed by atoms with Crippen LogP contribution < -0.4 is 10.5 Å². The number of benzene rings is 1. The van der Waals surface area contributed by atoms with Gasteiger partial charge >= 0.3 is 0 Å². The third-order valence-corrected chi connectivity index (χ3v) is 3.49. The number of nitrogens with two attached hydrogens (primary N) is 1. The van der Waals surface area contributed by atoms with Crippen LogP contribution in [0.1, 0.15) is 5.56 Å². The maximum Gasteiger partial charge on any atom is 0.165 e. The van der Waals surface area contributed by atoms with Gasteiger partial charge in [0, 0.05) is 23.0 Å². The predicted octanol–water partition coefficient (Wildman–Crippen LogP) is 3.35. The zero-order chi connectivity index (χ0) is 16.4. The summed E-state index contributed by atoms with van der Waals surface area (Å²) < 4.78 is 18.8. The molecule has 114 valence electrons. The Labute approximate surface area is 132 Å². The van der Waals surface area contributed by atoms with Crippen LogP contribution in [0.3, 0.4) is 0 Å². The summed E-state index contributed by atoms with van der Waals surface area (Å²) in [4.78, 5) is 7.25. The van der Waals surface area contributed by atoms with Crippen LogP contribution in [0.4, 0.5) is 10.2 Å². The molecule has 0 radical (unpaired) electrons. The van der Waals surface area contributed by atoms with Gasteiger partial charge in [0.05, 0.1) is 12.8 Å². The quantitative estimate of drug-likeness (QED) is 0.776. The molecule has 0 bridgehead atoms. The van der Waals surface area contributed by atoms with Crippen molar-refractivity contribution < 1.29 is 9.13 Å². The van der Waals surface area contributed by atoms with E-state index in [1.165, 1.54) is 19.2 Å². The number of pyridine rings is 1. The summed E-state index contributed by atoms with van der Waals surface area (Å²) in [5.74, 6) is -0.234. The van der Waals surface area contributed by atoms with Gasteiger partial charge in [0.1, 0.15) is 17.5 Å². The SMILES string of the molecule is COc1ccc(-c2cc(-c3ccc[nH]3)c(C#N)c(N)n2)cc1F. The van der Waals surface area contributed by atoms with Crippen LogP contribution in [0.5, 0.6) is 5.75 Å². The summed E-state index contributed by atoms with van der Waals surface area (Å²) in [7, 11) is 1.40. The number of anilines is 1. The van der Waals surface area contributed by atoms with Gasteiger partial charge in [-0.15, -0.1) is 0 Å². The number of halogens is 1. The first-order chi connectivity index (χ1) is 11.1. The molecule has 0 fully saturated rings. The van der Waals surface area contributed by atoms with E-state index in [2.05, 4.69) is 16.0 Å². The van der Waals surface area contributed by atoms with Crippen molar-refractivity contribution in [3.8, 4) is 34.3 Å². The summed E-state index contributed by atoms with van der Waals surface area (Å²) in [6.07, 6.45) is 1.75. The third kappa shape index (κ3) is 2.60. The molecule has 1 aromatic carbocycles. The molecule has 0 saturated heterocycles. The summed E-state index contributed by atoms with van der Waals surface area (Å²) in [6.45, 7) is 0. The highest BCUT2D eigenvalue weighted by Gasteiger charge is 2.15. The smallest absolute Gasteiger partial charge is 0.165 e. The normalized spacial score (nSPS) is 10.3. The average molecular weight is 308 g/mol. The second kappa shape index (κ2) is 5.81. The Balaban J connectivity index is 2.18. The largest absolute Gasteiger partial charge is 0.494 e. The van der Waals surface area contributed by atoms with Crippen molar-refractivity contribution in [3.05, 3.63) is 54.0 Å². The number of H-pyrrole nitrogens is 1. The van der Waals surface area contributed by atoms with E-state index in [4.69, 9.17) is 10.5 Å². The molecule has 0 amide bonds. The molecule has 0 spiro atoms. The van der Waals surface area contributed by atoms with E-state index in [0.29, 0.717) is 16.8 Å². The molecular formula is C17H13FN4O. The summed E-state index contributed by atoms with van der Waals surface area (Å²) in [5, 5.41) is 9.31. The maximum atomic E-state index is 13.9. The lowest BCUT2D eigenvalue weighted by molar-refractivity contribution is 0.386.